The molecule has 8 aliphatic heterocycles. The van der Waals surface area contributed by atoms with Gasteiger partial charge in [0.25, 0.3) is 0 Å². The molecular formula is C105H150N8. The average Bonchev–Trinajstić information content (AvgIpc) is 1.57. The Bertz CT molecular complexity index is 4360. The predicted octanol–water partition coefficient (Wildman–Crippen LogP) is 28.4. The number of benzene rings is 5. The van der Waals surface area contributed by atoms with Crippen molar-refractivity contribution in [3.8, 4) is 0 Å². The Morgan fingerprint density at radius 1 is 0.301 bits per heavy atom. The predicted molar refractivity (Wildman–Crippen MR) is 486 cm³/mol. The Morgan fingerprint density at radius 3 is 0.929 bits per heavy atom. The highest BCUT2D eigenvalue weighted by atomic mass is 15.5. The van der Waals surface area contributed by atoms with Crippen LogP contribution >= 0.6 is 0 Å². The lowest BCUT2D eigenvalue weighted by atomic mass is 9.74. The van der Waals surface area contributed by atoms with Crippen molar-refractivity contribution in [2.45, 2.75) is 346 Å². The smallest absolute Gasteiger partial charge is 0.110 e. The molecule has 8 heterocycles. The fourth-order valence-electron chi connectivity index (χ4n) is 24.0. The molecule has 6 fully saturated rings. The number of fused-ring (bicyclic) bond motifs is 4. The molecule has 5 aromatic carbocycles. The van der Waals surface area contributed by atoms with Gasteiger partial charge in [-0.05, 0) is 272 Å². The van der Waals surface area contributed by atoms with Crippen molar-refractivity contribution in [1.82, 2.24) is 19.6 Å². The molecule has 0 saturated heterocycles. The largest absolute Gasteiger partial charge is 0.343 e. The van der Waals surface area contributed by atoms with E-state index in [-0.39, 0.29) is 52.5 Å². The summed E-state index contributed by atoms with van der Waals surface area (Å²) in [6.07, 6.45) is 60.7. The van der Waals surface area contributed by atoms with Crippen molar-refractivity contribution in [3.63, 3.8) is 0 Å². The summed E-state index contributed by atoms with van der Waals surface area (Å²) in [5, 5.41) is 0. The first-order valence-electron chi connectivity index (χ1n) is 44.6. The Labute approximate surface area is 690 Å². The molecule has 0 amide bonds. The van der Waals surface area contributed by atoms with Crippen molar-refractivity contribution >= 4 is 22.7 Å². The number of para-hydroxylation sites is 4. The van der Waals surface area contributed by atoms with Crippen molar-refractivity contribution in [2.24, 2.45) is 35.5 Å². The monoisotopic (exact) mass is 1520 g/mol. The van der Waals surface area contributed by atoms with E-state index in [0.29, 0.717) is 30.3 Å². The standard InChI is InChI=1S/C27H38N2.C27H32N2.C26H36N2.C21H28N2.4CH4/c2*1-20-12-10-11-17-24(20)28-21(2)25-18-19-27(3,23-15-8-5-9-16-23)29(25)26(28)22-13-6-4-7-14-22;1-19-11-7-10-16-23(19)27-20(2)24-17-18-26(3,22-14-8-9-15-22)28(24)25(27)21-12-5-4-6-13-21;1-15-9-7-8-12-19(15)23-17(3)20-14-13-16(2)22(20)21(23)18-10-5-4-6-11-18;;;;/h10-12,17-19,22-23,26H,4-9,13-16H2,1-3H3;5,8-12,15-19,22,26H,4,6-7,13-14H2,1-3H3;7,10-11,16-18,21-22,25H,4-6,8-9,12-15H2,1-3H3;7-9,12-14,16,18,21H,4-6,10-11H2,1-3H3;4*1H4/i;;;16D;;;;. The number of nitrogens with zero attached hydrogens (tertiary/aromatic N) is 8. The van der Waals surface area contributed by atoms with Gasteiger partial charge in [-0.1, -0.05) is 266 Å². The first kappa shape index (κ1) is 83.4. The van der Waals surface area contributed by atoms with Crippen LogP contribution in [0.1, 0.15) is 300 Å². The normalized spacial score (nSPS) is 29.2. The van der Waals surface area contributed by atoms with Gasteiger partial charge < -0.3 is 39.2 Å². The lowest BCUT2D eigenvalue weighted by molar-refractivity contribution is 0.0534. The summed E-state index contributed by atoms with van der Waals surface area (Å²) in [5.41, 5.74) is 23.9. The zero-order chi connectivity index (χ0) is 76.2. The van der Waals surface area contributed by atoms with E-state index < -0.39 is 6.02 Å². The molecule has 8 heteroatoms. The van der Waals surface area contributed by atoms with Gasteiger partial charge in [0.15, 0.2) is 0 Å². The number of rotatable bonds is 11. The van der Waals surface area contributed by atoms with Crippen LogP contribution in [0, 0.1) is 63.2 Å². The third-order valence-corrected chi connectivity index (χ3v) is 30.0. The van der Waals surface area contributed by atoms with Gasteiger partial charge in [0.1, 0.15) is 24.7 Å². The first-order valence-corrected chi connectivity index (χ1v) is 44.1. The van der Waals surface area contributed by atoms with E-state index in [4.69, 9.17) is 1.37 Å². The van der Waals surface area contributed by atoms with Crippen LogP contribution in [0.3, 0.4) is 0 Å². The van der Waals surface area contributed by atoms with Gasteiger partial charge in [0, 0.05) is 51.6 Å². The molecule has 113 heavy (non-hydrogen) atoms. The van der Waals surface area contributed by atoms with Crippen LogP contribution in [-0.2, 0) is 5.54 Å². The summed E-state index contributed by atoms with van der Waals surface area (Å²) in [7, 11) is 0. The molecule has 0 bridgehead atoms. The third-order valence-electron chi connectivity index (χ3n) is 30.0. The number of anilines is 4. The molecule has 8 atom stereocenters. The second kappa shape index (κ2) is 35.9. The van der Waals surface area contributed by atoms with Crippen LogP contribution < -0.4 is 19.6 Å². The van der Waals surface area contributed by atoms with Gasteiger partial charge in [-0.3, -0.25) is 0 Å². The van der Waals surface area contributed by atoms with Crippen molar-refractivity contribution in [3.05, 3.63) is 249 Å². The van der Waals surface area contributed by atoms with Gasteiger partial charge in [-0.25, -0.2) is 0 Å². The Balaban J connectivity index is 0.000000139. The zero-order valence-corrected chi connectivity index (χ0v) is 69.1. The number of allylic oxidation sites excluding steroid dienone is 8. The number of aryl methyl sites for hydroxylation is 4. The van der Waals surface area contributed by atoms with E-state index in [1.807, 2.05) is 6.92 Å². The van der Waals surface area contributed by atoms with Crippen LogP contribution in [0.15, 0.2) is 222 Å². The quantitative estimate of drug-likeness (QED) is 0.129. The van der Waals surface area contributed by atoms with E-state index in [9.17, 15) is 0 Å². The van der Waals surface area contributed by atoms with Crippen LogP contribution in [0.2, 0.25) is 0 Å². The molecule has 6 aliphatic carbocycles. The summed E-state index contributed by atoms with van der Waals surface area (Å²) in [4.78, 5) is 21.5. The van der Waals surface area contributed by atoms with Gasteiger partial charge in [0.2, 0.25) is 0 Å². The van der Waals surface area contributed by atoms with E-state index >= 15 is 0 Å². The highest BCUT2D eigenvalue weighted by molar-refractivity contribution is 5.68. The Kier molecular flexibility index (Phi) is 26.5. The summed E-state index contributed by atoms with van der Waals surface area (Å²) < 4.78 is 8.84. The minimum atomic E-state index is -0.643. The molecule has 19 rings (SSSR count). The van der Waals surface area contributed by atoms with Gasteiger partial charge >= 0.3 is 0 Å². The molecular weight excluding hydrogens is 1370 g/mol. The summed E-state index contributed by atoms with van der Waals surface area (Å²) in [6, 6.07) is 46.0. The summed E-state index contributed by atoms with van der Waals surface area (Å²) in [5.74, 6) is 4.45. The molecule has 0 radical (unpaired) electrons. The van der Waals surface area contributed by atoms with Crippen molar-refractivity contribution in [1.29, 1.82) is 0 Å². The molecule has 5 aromatic rings. The van der Waals surface area contributed by atoms with Gasteiger partial charge in [0.05, 0.1) is 40.8 Å². The SMILES string of the molecule is C.C.C.C.CC1=C2C=CC(C)(C3CCCC3)N2C(C2CCCCC2)N1c1ccccc1C.CC1=C2C=CC(C)(C3CCCCC3)N2C(C2CCCCC2)N1c1ccccc1C.CC1=C2C=CC(C)(c3ccccc3)N2C(C2CCCCC2)N1c1ccccc1C.[2H]C1(C)C=CC2=C(C)N(c3ccccc3C)C(C3CCCCC3)N21. The third kappa shape index (κ3) is 15.4. The molecule has 0 spiro atoms. The Morgan fingerprint density at radius 2 is 0.575 bits per heavy atom. The highest BCUT2D eigenvalue weighted by Gasteiger charge is 2.57. The van der Waals surface area contributed by atoms with Crippen molar-refractivity contribution < 1.29 is 1.37 Å². The fraction of sp³-hybridized carbons (Fsp3) is 0.562. The maximum atomic E-state index is 8.84. The fourth-order valence-corrected chi connectivity index (χ4v) is 24.0. The van der Waals surface area contributed by atoms with E-state index in [1.165, 1.54) is 282 Å². The lowest BCUT2D eigenvalue weighted by Crippen LogP contribution is -2.56. The van der Waals surface area contributed by atoms with Crippen LogP contribution in [0.4, 0.5) is 22.7 Å². The average molecular weight is 1530 g/mol. The summed E-state index contributed by atoms with van der Waals surface area (Å²) in [6.45, 7) is 27.8. The molecule has 8 nitrogen and oxygen atoms in total. The van der Waals surface area contributed by atoms with Crippen LogP contribution in [0.5, 0.6) is 0 Å². The number of hydrogen-bond acceptors (Lipinski definition) is 8. The zero-order valence-electron chi connectivity index (χ0n) is 70.1. The topological polar surface area (TPSA) is 25.9 Å². The molecule has 8 unspecified atom stereocenters. The minimum absolute atomic E-state index is 0. The van der Waals surface area contributed by atoms with Crippen LogP contribution in [-0.4, -0.2) is 61.4 Å². The first-order chi connectivity index (χ1) is 53.3. The molecule has 610 valence electrons. The highest BCUT2D eigenvalue weighted by Crippen LogP contribution is 2.57. The molecule has 14 aliphatic rings. The van der Waals surface area contributed by atoms with Gasteiger partial charge in [-0.2, -0.15) is 0 Å². The summed E-state index contributed by atoms with van der Waals surface area (Å²) >= 11 is 0. The maximum Gasteiger partial charge on any atom is 0.110 e. The second-order valence-corrected chi connectivity index (χ2v) is 36.5. The second-order valence-electron chi connectivity index (χ2n) is 36.5. The van der Waals surface area contributed by atoms with Crippen LogP contribution in [0.25, 0.3) is 0 Å². The van der Waals surface area contributed by atoms with Crippen molar-refractivity contribution in [2.75, 3.05) is 19.6 Å². The molecule has 0 N–H and O–H groups in total. The Hall–Kier alpha value is -7.58. The number of hydrogen-bond donors (Lipinski definition) is 0. The maximum absolute atomic E-state index is 8.84. The lowest BCUT2D eigenvalue weighted by Gasteiger charge is -2.50. The van der Waals surface area contributed by atoms with E-state index in [0.717, 1.165) is 23.7 Å². The van der Waals surface area contributed by atoms with Gasteiger partial charge in [-0.15, -0.1) is 0 Å². The minimum Gasteiger partial charge on any atom is -0.343 e. The van der Waals surface area contributed by atoms with E-state index in [2.05, 4.69) is 291 Å². The van der Waals surface area contributed by atoms with E-state index in [1.54, 1.807) is 0 Å². The molecule has 6 saturated carbocycles. The molecule has 0 aromatic heterocycles.